The molecule has 1 unspecified atom stereocenters. The summed E-state index contributed by atoms with van der Waals surface area (Å²) in [6.45, 7) is 6.91. The number of hydrogen-bond acceptors (Lipinski definition) is 3. The maximum Gasteiger partial charge on any atom is 0.322 e. The van der Waals surface area contributed by atoms with Crippen LogP contribution in [0.25, 0.3) is 0 Å². The van der Waals surface area contributed by atoms with Crippen molar-refractivity contribution in [2.24, 2.45) is 0 Å². The maximum absolute atomic E-state index is 12.9. The Morgan fingerprint density at radius 2 is 2.03 bits per heavy atom. The third-order valence-electron chi connectivity index (χ3n) is 5.49. The average molecular weight is 452 g/mol. The molecule has 0 aliphatic carbocycles. The summed E-state index contributed by atoms with van der Waals surface area (Å²) in [6.07, 6.45) is 6.39. The Labute approximate surface area is 193 Å². The molecular formula is C24H26ClN5O2. The van der Waals surface area contributed by atoms with Gasteiger partial charge in [-0.3, -0.25) is 4.79 Å². The molecule has 2 heterocycles. The molecule has 0 radical (unpaired) electrons. The molecule has 3 amide bonds. The highest BCUT2D eigenvalue weighted by Crippen LogP contribution is 2.34. The molecule has 166 valence electrons. The van der Waals surface area contributed by atoms with Crippen LogP contribution in [0.3, 0.4) is 0 Å². The van der Waals surface area contributed by atoms with Crippen LogP contribution in [0.1, 0.15) is 46.6 Å². The fourth-order valence-corrected chi connectivity index (χ4v) is 4.18. The van der Waals surface area contributed by atoms with Crippen molar-refractivity contribution in [1.82, 2.24) is 14.8 Å². The molecule has 1 atom stereocenters. The van der Waals surface area contributed by atoms with E-state index in [0.717, 1.165) is 5.69 Å². The smallest absolute Gasteiger partial charge is 0.322 e. The minimum absolute atomic E-state index is 0.0845. The van der Waals surface area contributed by atoms with E-state index in [1.165, 1.54) is 7.05 Å². The Kier molecular flexibility index (Phi) is 7.39. The second kappa shape index (κ2) is 10.2. The number of nitriles is 1. The molecule has 0 fully saturated rings. The molecule has 1 aliphatic rings. The number of urea groups is 1. The van der Waals surface area contributed by atoms with Crippen molar-refractivity contribution in [2.75, 3.05) is 18.9 Å². The number of fused-ring (bicyclic) bond motifs is 1. The molecule has 32 heavy (non-hydrogen) atoms. The van der Waals surface area contributed by atoms with Crippen LogP contribution in [0.15, 0.2) is 49.1 Å². The second-order valence-corrected chi connectivity index (χ2v) is 7.88. The van der Waals surface area contributed by atoms with Crippen LogP contribution in [0.2, 0.25) is 5.02 Å². The van der Waals surface area contributed by atoms with Gasteiger partial charge >= 0.3 is 6.03 Å². The lowest BCUT2D eigenvalue weighted by atomic mass is 9.96. The van der Waals surface area contributed by atoms with E-state index in [4.69, 9.17) is 11.6 Å². The van der Waals surface area contributed by atoms with Crippen molar-refractivity contribution in [2.45, 2.75) is 32.4 Å². The molecule has 2 N–H and O–H groups in total. The van der Waals surface area contributed by atoms with E-state index in [1.807, 2.05) is 23.6 Å². The van der Waals surface area contributed by atoms with Crippen LogP contribution in [0.4, 0.5) is 10.5 Å². The summed E-state index contributed by atoms with van der Waals surface area (Å²) in [5.41, 5.74) is 2.75. The van der Waals surface area contributed by atoms with Gasteiger partial charge in [-0.05, 0) is 37.6 Å². The van der Waals surface area contributed by atoms with E-state index < -0.39 is 0 Å². The number of anilines is 1. The van der Waals surface area contributed by atoms with Gasteiger partial charge in [0, 0.05) is 42.5 Å². The fourth-order valence-electron chi connectivity index (χ4n) is 4.06. The molecule has 1 aromatic carbocycles. The zero-order chi connectivity index (χ0) is 23.3. The average Bonchev–Trinajstić information content (AvgIpc) is 3.13. The summed E-state index contributed by atoms with van der Waals surface area (Å²) in [5, 5.41) is 16.1. The Balaban J connectivity index is 2.01. The van der Waals surface area contributed by atoms with Crippen molar-refractivity contribution in [3.63, 3.8) is 0 Å². The first-order valence-electron chi connectivity index (χ1n) is 10.4. The van der Waals surface area contributed by atoms with Crippen LogP contribution in [-0.4, -0.2) is 35.0 Å². The number of benzene rings is 1. The van der Waals surface area contributed by atoms with E-state index in [1.54, 1.807) is 35.2 Å². The Bertz CT molecular complexity index is 1100. The van der Waals surface area contributed by atoms with Gasteiger partial charge in [0.15, 0.2) is 0 Å². The number of halogens is 1. The molecule has 0 bridgehead atoms. The van der Waals surface area contributed by atoms with Gasteiger partial charge in [0.1, 0.15) is 6.07 Å². The summed E-state index contributed by atoms with van der Waals surface area (Å²) in [7, 11) is 1.54. The van der Waals surface area contributed by atoms with Crippen molar-refractivity contribution >= 4 is 29.2 Å². The monoisotopic (exact) mass is 451 g/mol. The van der Waals surface area contributed by atoms with Gasteiger partial charge < -0.3 is 20.1 Å². The van der Waals surface area contributed by atoms with Crippen LogP contribution in [0, 0.1) is 11.3 Å². The Hall–Kier alpha value is -3.50. The number of nitrogens with zero attached hydrogens (tertiary/aromatic N) is 3. The van der Waals surface area contributed by atoms with Crippen molar-refractivity contribution in [1.29, 1.82) is 5.26 Å². The topological polar surface area (TPSA) is 90.2 Å². The summed E-state index contributed by atoms with van der Waals surface area (Å²) in [4.78, 5) is 27.3. The molecule has 1 aromatic heterocycles. The van der Waals surface area contributed by atoms with Crippen LogP contribution in [-0.2, 0) is 13.1 Å². The highest BCUT2D eigenvalue weighted by Gasteiger charge is 2.34. The standard InChI is InChI=1S/C24H26ClN5O2/c1-4-6-16(7-5-2)22-19(14-26)21(23(31)27-3)20-15-29(12-13-30(20)22)24(32)28-18-10-8-17(25)9-11-18/h4-5,7-11,16H,1,6,12-13,15H2,2-3H3,(H,27,31)(H,28,32)/b7-5-. The summed E-state index contributed by atoms with van der Waals surface area (Å²) < 4.78 is 2.02. The van der Waals surface area contributed by atoms with Gasteiger partial charge in [-0.25, -0.2) is 4.79 Å². The Morgan fingerprint density at radius 3 is 2.62 bits per heavy atom. The van der Waals surface area contributed by atoms with Gasteiger partial charge in [0.2, 0.25) is 0 Å². The molecule has 3 rings (SSSR count). The molecule has 0 saturated heterocycles. The predicted octanol–water partition coefficient (Wildman–Crippen LogP) is 4.66. The molecule has 7 nitrogen and oxygen atoms in total. The number of hydrogen-bond donors (Lipinski definition) is 2. The normalized spacial score (nSPS) is 13.9. The molecule has 8 heteroatoms. The van der Waals surface area contributed by atoms with Crippen molar-refractivity contribution in [3.8, 4) is 6.07 Å². The molecule has 1 aliphatic heterocycles. The lowest BCUT2D eigenvalue weighted by Gasteiger charge is -2.31. The second-order valence-electron chi connectivity index (χ2n) is 7.44. The highest BCUT2D eigenvalue weighted by molar-refractivity contribution is 6.30. The number of aromatic nitrogens is 1. The number of carbonyl (C=O) groups is 2. The first-order chi connectivity index (χ1) is 15.4. The van der Waals surface area contributed by atoms with Gasteiger partial charge in [0.05, 0.1) is 23.4 Å². The van der Waals surface area contributed by atoms with Crippen LogP contribution in [0.5, 0.6) is 0 Å². The fraction of sp³-hybridized carbons (Fsp3) is 0.292. The van der Waals surface area contributed by atoms with E-state index in [0.29, 0.717) is 47.0 Å². The van der Waals surface area contributed by atoms with Crippen LogP contribution >= 0.6 is 11.6 Å². The third kappa shape index (κ3) is 4.56. The lowest BCUT2D eigenvalue weighted by molar-refractivity contribution is 0.0959. The van der Waals surface area contributed by atoms with E-state index in [-0.39, 0.29) is 24.4 Å². The predicted molar refractivity (Wildman–Crippen MR) is 126 cm³/mol. The van der Waals surface area contributed by atoms with E-state index in [2.05, 4.69) is 23.3 Å². The van der Waals surface area contributed by atoms with Gasteiger partial charge in [-0.15, -0.1) is 6.58 Å². The highest BCUT2D eigenvalue weighted by atomic mass is 35.5. The summed E-state index contributed by atoms with van der Waals surface area (Å²) in [5.74, 6) is -0.423. The quantitative estimate of drug-likeness (QED) is 0.626. The molecule has 0 spiro atoms. The molecule has 0 saturated carbocycles. The number of allylic oxidation sites excluding steroid dienone is 3. The number of carbonyl (C=O) groups excluding carboxylic acids is 2. The first kappa shape index (κ1) is 23.2. The number of amides is 3. The zero-order valence-electron chi connectivity index (χ0n) is 18.2. The largest absolute Gasteiger partial charge is 0.355 e. The Morgan fingerprint density at radius 1 is 1.31 bits per heavy atom. The van der Waals surface area contributed by atoms with Crippen LogP contribution < -0.4 is 10.6 Å². The lowest BCUT2D eigenvalue weighted by Crippen LogP contribution is -2.41. The van der Waals surface area contributed by atoms with Gasteiger partial charge in [0.25, 0.3) is 5.91 Å². The minimum atomic E-state index is -0.339. The maximum atomic E-state index is 12.9. The third-order valence-corrected chi connectivity index (χ3v) is 5.74. The zero-order valence-corrected chi connectivity index (χ0v) is 18.9. The molecular weight excluding hydrogens is 426 g/mol. The number of rotatable bonds is 6. The van der Waals surface area contributed by atoms with Gasteiger partial charge in [-0.1, -0.05) is 29.8 Å². The van der Waals surface area contributed by atoms with Crippen molar-refractivity contribution in [3.05, 3.63) is 76.6 Å². The van der Waals surface area contributed by atoms with Gasteiger partial charge in [-0.2, -0.15) is 5.26 Å². The van der Waals surface area contributed by atoms with Crippen molar-refractivity contribution < 1.29 is 9.59 Å². The number of nitrogens with one attached hydrogen (secondary N) is 2. The minimum Gasteiger partial charge on any atom is -0.355 e. The van der Waals surface area contributed by atoms with E-state index >= 15 is 0 Å². The summed E-state index contributed by atoms with van der Waals surface area (Å²) in [6, 6.07) is 8.82. The molecule has 2 aromatic rings. The van der Waals surface area contributed by atoms with E-state index in [9.17, 15) is 14.9 Å². The summed E-state index contributed by atoms with van der Waals surface area (Å²) >= 11 is 5.91. The first-order valence-corrected chi connectivity index (χ1v) is 10.8. The SMILES string of the molecule is C=CCC(/C=C\C)c1c(C#N)c(C(=O)NC)c2n1CCN(C(=O)Nc1ccc(Cl)cc1)C2.